The molecule has 0 saturated carbocycles. The first-order valence-corrected chi connectivity index (χ1v) is 6.55. The summed E-state index contributed by atoms with van der Waals surface area (Å²) < 4.78 is 5.57. The normalized spacial score (nSPS) is 10.1. The highest BCUT2D eigenvalue weighted by Gasteiger charge is 2.04. The molecule has 0 fully saturated rings. The van der Waals surface area contributed by atoms with Gasteiger partial charge in [-0.15, -0.1) is 0 Å². The van der Waals surface area contributed by atoms with E-state index in [-0.39, 0.29) is 0 Å². The van der Waals surface area contributed by atoms with Crippen molar-refractivity contribution < 1.29 is 9.53 Å². The van der Waals surface area contributed by atoms with Gasteiger partial charge in [-0.25, -0.2) is 0 Å². The van der Waals surface area contributed by atoms with Crippen LogP contribution in [0.25, 0.3) is 0 Å². The Bertz CT molecular complexity index is 597. The molecule has 0 aliphatic carbocycles. The van der Waals surface area contributed by atoms with E-state index in [4.69, 9.17) is 10.5 Å². The van der Waals surface area contributed by atoms with Gasteiger partial charge in [0, 0.05) is 23.4 Å². The number of benzene rings is 2. The third kappa shape index (κ3) is 3.51. The highest BCUT2D eigenvalue weighted by molar-refractivity contribution is 5.93. The van der Waals surface area contributed by atoms with E-state index in [0.29, 0.717) is 18.7 Å². The van der Waals surface area contributed by atoms with E-state index in [0.717, 1.165) is 17.0 Å². The second kappa shape index (κ2) is 6.61. The first kappa shape index (κ1) is 13.9. The van der Waals surface area contributed by atoms with Crippen LogP contribution in [-0.2, 0) is 6.54 Å². The van der Waals surface area contributed by atoms with Crippen LogP contribution < -0.4 is 15.8 Å². The molecule has 2 aromatic rings. The summed E-state index contributed by atoms with van der Waals surface area (Å²) in [6.07, 6.45) is 0. The van der Waals surface area contributed by atoms with Crippen molar-refractivity contribution in [2.75, 3.05) is 11.9 Å². The number of ether oxygens (including phenoxy) is 1. The molecule has 0 saturated heterocycles. The zero-order valence-corrected chi connectivity index (χ0v) is 11.4. The molecule has 104 valence electrons. The van der Waals surface area contributed by atoms with Crippen molar-refractivity contribution in [3.63, 3.8) is 0 Å². The lowest BCUT2D eigenvalue weighted by atomic mass is 10.1. The van der Waals surface area contributed by atoms with Crippen LogP contribution in [0.3, 0.4) is 0 Å². The molecular weight excluding hydrogens is 252 g/mol. The van der Waals surface area contributed by atoms with Crippen LogP contribution in [0.1, 0.15) is 22.8 Å². The summed E-state index contributed by atoms with van der Waals surface area (Å²) in [6.45, 7) is 3.22. The van der Waals surface area contributed by atoms with E-state index >= 15 is 0 Å². The Morgan fingerprint density at radius 2 is 2.00 bits per heavy atom. The Hall–Kier alpha value is -2.49. The number of para-hydroxylation sites is 1. The van der Waals surface area contributed by atoms with E-state index in [9.17, 15) is 4.79 Å². The molecule has 20 heavy (non-hydrogen) atoms. The molecule has 0 radical (unpaired) electrons. The first-order valence-electron chi connectivity index (χ1n) is 6.55. The standard InChI is InChI=1S/C16H18N2O2/c1-2-20-15-9-4-3-6-13(15)11-18-14-8-5-7-12(10-14)16(17)19/h3-10,18H,2,11H2,1H3,(H2,17,19). The quantitative estimate of drug-likeness (QED) is 0.848. The van der Waals surface area contributed by atoms with E-state index in [1.54, 1.807) is 18.2 Å². The fourth-order valence-electron chi connectivity index (χ4n) is 1.93. The van der Waals surface area contributed by atoms with Crippen molar-refractivity contribution >= 4 is 11.6 Å². The van der Waals surface area contributed by atoms with Gasteiger partial charge in [-0.1, -0.05) is 24.3 Å². The molecule has 0 heterocycles. The van der Waals surface area contributed by atoms with Crippen molar-refractivity contribution in [1.82, 2.24) is 0 Å². The number of hydrogen-bond donors (Lipinski definition) is 2. The summed E-state index contributed by atoms with van der Waals surface area (Å²) in [5.41, 5.74) is 7.68. The summed E-state index contributed by atoms with van der Waals surface area (Å²) in [7, 11) is 0. The lowest BCUT2D eigenvalue weighted by Gasteiger charge is -2.12. The maximum Gasteiger partial charge on any atom is 0.248 e. The van der Waals surface area contributed by atoms with Crippen LogP contribution in [0, 0.1) is 0 Å². The molecule has 4 heteroatoms. The average Bonchev–Trinajstić information content (AvgIpc) is 2.47. The number of anilines is 1. The average molecular weight is 270 g/mol. The SMILES string of the molecule is CCOc1ccccc1CNc1cccc(C(N)=O)c1. The van der Waals surface area contributed by atoms with Crippen molar-refractivity contribution in [3.05, 3.63) is 59.7 Å². The summed E-state index contributed by atoms with van der Waals surface area (Å²) in [5.74, 6) is 0.442. The van der Waals surface area contributed by atoms with Crippen LogP contribution in [0.2, 0.25) is 0 Å². The summed E-state index contributed by atoms with van der Waals surface area (Å²) >= 11 is 0. The summed E-state index contributed by atoms with van der Waals surface area (Å²) in [5, 5.41) is 3.27. The Balaban J connectivity index is 2.09. The van der Waals surface area contributed by atoms with Crippen molar-refractivity contribution in [2.45, 2.75) is 13.5 Å². The number of amides is 1. The molecule has 3 N–H and O–H groups in total. The fraction of sp³-hybridized carbons (Fsp3) is 0.188. The minimum Gasteiger partial charge on any atom is -0.494 e. The monoisotopic (exact) mass is 270 g/mol. The van der Waals surface area contributed by atoms with Gasteiger partial charge in [0.25, 0.3) is 0 Å². The van der Waals surface area contributed by atoms with Crippen LogP contribution in [0.15, 0.2) is 48.5 Å². The van der Waals surface area contributed by atoms with Gasteiger partial charge < -0.3 is 15.8 Å². The molecule has 2 rings (SSSR count). The maximum absolute atomic E-state index is 11.1. The van der Waals surface area contributed by atoms with Gasteiger partial charge >= 0.3 is 0 Å². The van der Waals surface area contributed by atoms with Gasteiger partial charge in [-0.05, 0) is 31.2 Å². The predicted octanol–water partition coefficient (Wildman–Crippen LogP) is 2.80. The number of rotatable bonds is 6. The molecule has 0 spiro atoms. The van der Waals surface area contributed by atoms with Crippen molar-refractivity contribution in [3.8, 4) is 5.75 Å². The molecule has 2 aromatic carbocycles. The Morgan fingerprint density at radius 1 is 1.20 bits per heavy atom. The van der Waals surface area contributed by atoms with Crippen LogP contribution in [-0.4, -0.2) is 12.5 Å². The Labute approximate surface area is 118 Å². The first-order chi connectivity index (χ1) is 9.70. The number of hydrogen-bond acceptors (Lipinski definition) is 3. The number of primary amides is 1. The van der Waals surface area contributed by atoms with Gasteiger partial charge in [0.05, 0.1) is 6.61 Å². The third-order valence-corrected chi connectivity index (χ3v) is 2.90. The van der Waals surface area contributed by atoms with E-state index in [1.807, 2.05) is 37.3 Å². The third-order valence-electron chi connectivity index (χ3n) is 2.90. The molecule has 0 aliphatic rings. The summed E-state index contributed by atoms with van der Waals surface area (Å²) in [4.78, 5) is 11.1. The van der Waals surface area contributed by atoms with Crippen LogP contribution in [0.4, 0.5) is 5.69 Å². The predicted molar refractivity (Wildman–Crippen MR) is 79.9 cm³/mol. The summed E-state index contributed by atoms with van der Waals surface area (Å²) in [6, 6.07) is 15.0. The van der Waals surface area contributed by atoms with E-state index in [2.05, 4.69) is 5.32 Å². The zero-order valence-electron chi connectivity index (χ0n) is 11.4. The second-order valence-electron chi connectivity index (χ2n) is 4.34. The lowest BCUT2D eigenvalue weighted by Crippen LogP contribution is -2.11. The number of nitrogens with two attached hydrogens (primary N) is 1. The van der Waals surface area contributed by atoms with Gasteiger partial charge in [0.2, 0.25) is 5.91 Å². The minimum absolute atomic E-state index is 0.427. The fourth-order valence-corrected chi connectivity index (χ4v) is 1.93. The molecule has 0 bridgehead atoms. The Kier molecular flexibility index (Phi) is 4.60. The van der Waals surface area contributed by atoms with Gasteiger partial charge in [0.1, 0.15) is 5.75 Å². The molecule has 4 nitrogen and oxygen atoms in total. The largest absolute Gasteiger partial charge is 0.494 e. The molecule has 0 aromatic heterocycles. The topological polar surface area (TPSA) is 64.3 Å². The smallest absolute Gasteiger partial charge is 0.248 e. The zero-order chi connectivity index (χ0) is 14.4. The van der Waals surface area contributed by atoms with Crippen molar-refractivity contribution in [2.24, 2.45) is 5.73 Å². The van der Waals surface area contributed by atoms with Gasteiger partial charge in [0.15, 0.2) is 0 Å². The van der Waals surface area contributed by atoms with Crippen LogP contribution >= 0.6 is 0 Å². The molecular formula is C16H18N2O2. The highest BCUT2D eigenvalue weighted by Crippen LogP contribution is 2.20. The van der Waals surface area contributed by atoms with Gasteiger partial charge in [-0.3, -0.25) is 4.79 Å². The second-order valence-corrected chi connectivity index (χ2v) is 4.34. The molecule has 0 aliphatic heterocycles. The number of carbonyl (C=O) groups is 1. The number of nitrogens with one attached hydrogen (secondary N) is 1. The lowest BCUT2D eigenvalue weighted by molar-refractivity contribution is 0.100. The van der Waals surface area contributed by atoms with Gasteiger partial charge in [-0.2, -0.15) is 0 Å². The molecule has 0 unspecified atom stereocenters. The van der Waals surface area contributed by atoms with E-state index < -0.39 is 5.91 Å². The number of carbonyl (C=O) groups excluding carboxylic acids is 1. The maximum atomic E-state index is 11.1. The van der Waals surface area contributed by atoms with Crippen molar-refractivity contribution in [1.29, 1.82) is 0 Å². The molecule has 0 atom stereocenters. The van der Waals surface area contributed by atoms with Crippen LogP contribution in [0.5, 0.6) is 5.75 Å². The molecule has 1 amide bonds. The Morgan fingerprint density at radius 3 is 2.75 bits per heavy atom. The highest BCUT2D eigenvalue weighted by atomic mass is 16.5. The minimum atomic E-state index is -0.427. The van der Waals surface area contributed by atoms with E-state index in [1.165, 1.54) is 0 Å².